The predicted octanol–water partition coefficient (Wildman–Crippen LogP) is 2.11. The van der Waals surface area contributed by atoms with Gasteiger partial charge in [0.15, 0.2) is 0 Å². The molecule has 4 N–H and O–H groups in total. The van der Waals surface area contributed by atoms with E-state index in [4.69, 9.17) is 10.8 Å². The largest absolute Gasteiger partial charge is 0.478 e. The highest BCUT2D eigenvalue weighted by Gasteiger charge is 2.35. The van der Waals surface area contributed by atoms with Crippen molar-refractivity contribution >= 4 is 17.5 Å². The molecule has 92 valence electrons. The van der Waals surface area contributed by atoms with Crippen LogP contribution in [0.5, 0.6) is 0 Å². The van der Waals surface area contributed by atoms with Crippen molar-refractivity contribution in [3.8, 4) is 0 Å². The van der Waals surface area contributed by atoms with Gasteiger partial charge in [-0.3, -0.25) is 0 Å². The van der Waals surface area contributed by atoms with E-state index in [1.54, 1.807) is 0 Å². The van der Waals surface area contributed by atoms with Crippen molar-refractivity contribution in [1.29, 1.82) is 0 Å². The van der Waals surface area contributed by atoms with E-state index in [1.807, 2.05) is 0 Å². The van der Waals surface area contributed by atoms with Crippen LogP contribution in [0.3, 0.4) is 0 Å². The number of carbonyl (C=O) groups is 1. The predicted molar refractivity (Wildman–Crippen MR) is 66.1 cm³/mol. The highest BCUT2D eigenvalue weighted by Crippen LogP contribution is 2.37. The second kappa shape index (κ2) is 4.24. The third-order valence-electron chi connectivity index (χ3n) is 3.55. The summed E-state index contributed by atoms with van der Waals surface area (Å²) in [6.07, 6.45) is 5.84. The van der Waals surface area contributed by atoms with Crippen LogP contribution in [0.15, 0.2) is 12.3 Å². The second-order valence-electron chi connectivity index (χ2n) is 4.57. The maximum absolute atomic E-state index is 11.0. The molecule has 5 heteroatoms. The van der Waals surface area contributed by atoms with Gasteiger partial charge in [0.2, 0.25) is 0 Å². The van der Waals surface area contributed by atoms with Crippen molar-refractivity contribution < 1.29 is 9.90 Å². The molecule has 0 amide bonds. The molecule has 0 bridgehead atoms. The summed E-state index contributed by atoms with van der Waals surface area (Å²) in [6.45, 7) is 2.13. The van der Waals surface area contributed by atoms with E-state index in [0.717, 1.165) is 19.3 Å². The highest BCUT2D eigenvalue weighted by atomic mass is 16.4. The van der Waals surface area contributed by atoms with Gasteiger partial charge in [-0.2, -0.15) is 0 Å². The zero-order valence-electron chi connectivity index (χ0n) is 9.86. The van der Waals surface area contributed by atoms with Crippen molar-refractivity contribution in [2.45, 2.75) is 38.1 Å². The lowest BCUT2D eigenvalue weighted by Crippen LogP contribution is -2.44. The zero-order valence-corrected chi connectivity index (χ0v) is 9.86. The molecule has 0 atom stereocenters. The number of nitrogens with zero attached hydrogens (tertiary/aromatic N) is 1. The van der Waals surface area contributed by atoms with E-state index in [0.29, 0.717) is 5.82 Å². The van der Waals surface area contributed by atoms with E-state index in [2.05, 4.69) is 17.2 Å². The number of anilines is 2. The lowest BCUT2D eigenvalue weighted by atomic mass is 9.75. The van der Waals surface area contributed by atoms with E-state index in [1.165, 1.54) is 18.7 Å². The topological polar surface area (TPSA) is 88.2 Å². The van der Waals surface area contributed by atoms with Crippen LogP contribution in [-0.2, 0) is 0 Å². The summed E-state index contributed by atoms with van der Waals surface area (Å²) in [7, 11) is 0. The van der Waals surface area contributed by atoms with E-state index in [-0.39, 0.29) is 16.8 Å². The second-order valence-corrected chi connectivity index (χ2v) is 4.57. The molecule has 1 heterocycles. The van der Waals surface area contributed by atoms with E-state index in [9.17, 15) is 4.79 Å². The minimum absolute atomic E-state index is 0.0961. The third kappa shape index (κ3) is 2.18. The molecular formula is C12H17N3O2. The van der Waals surface area contributed by atoms with Gasteiger partial charge in [0.25, 0.3) is 0 Å². The number of carboxylic acid groups (broad SMARTS) is 1. The molecule has 1 fully saturated rings. The van der Waals surface area contributed by atoms with Gasteiger partial charge < -0.3 is 16.2 Å². The summed E-state index contributed by atoms with van der Waals surface area (Å²) in [5.41, 5.74) is 5.96. The Bertz CT molecular complexity index is 436. The Labute approximate surface area is 100 Å². The molecular weight excluding hydrogens is 218 g/mol. The fourth-order valence-corrected chi connectivity index (χ4v) is 2.16. The first-order valence-corrected chi connectivity index (χ1v) is 5.83. The van der Waals surface area contributed by atoms with Gasteiger partial charge >= 0.3 is 5.97 Å². The Hall–Kier alpha value is -1.78. The van der Waals surface area contributed by atoms with Crippen molar-refractivity contribution in [3.63, 3.8) is 0 Å². The van der Waals surface area contributed by atoms with Crippen molar-refractivity contribution in [2.75, 3.05) is 11.1 Å². The van der Waals surface area contributed by atoms with Crippen LogP contribution in [-0.4, -0.2) is 21.6 Å². The van der Waals surface area contributed by atoms with Gasteiger partial charge in [0.1, 0.15) is 5.82 Å². The van der Waals surface area contributed by atoms with Crippen LogP contribution >= 0.6 is 0 Å². The fraction of sp³-hybridized carbons (Fsp3) is 0.500. The molecule has 5 nitrogen and oxygen atoms in total. The smallest absolute Gasteiger partial charge is 0.337 e. The van der Waals surface area contributed by atoms with Crippen LogP contribution in [0.1, 0.15) is 43.0 Å². The number of nitrogen functional groups attached to an aromatic ring is 1. The van der Waals surface area contributed by atoms with Gasteiger partial charge in [-0.25, -0.2) is 9.78 Å². The minimum Gasteiger partial charge on any atom is -0.478 e. The lowest BCUT2D eigenvalue weighted by molar-refractivity contribution is 0.0698. The number of hydrogen-bond acceptors (Lipinski definition) is 4. The number of nitrogens with one attached hydrogen (secondary N) is 1. The highest BCUT2D eigenvalue weighted by molar-refractivity contribution is 5.94. The fourth-order valence-electron chi connectivity index (χ4n) is 2.16. The summed E-state index contributed by atoms with van der Waals surface area (Å²) >= 11 is 0. The van der Waals surface area contributed by atoms with Crippen LogP contribution in [0.25, 0.3) is 0 Å². The van der Waals surface area contributed by atoms with Crippen LogP contribution in [0.2, 0.25) is 0 Å². The van der Waals surface area contributed by atoms with Crippen LogP contribution in [0.4, 0.5) is 11.5 Å². The molecule has 1 aliphatic rings. The first kappa shape index (κ1) is 11.7. The molecule has 0 saturated heterocycles. The summed E-state index contributed by atoms with van der Waals surface area (Å²) in [6, 6.07) is 1.51. The molecule has 0 spiro atoms. The average molecular weight is 235 g/mol. The Morgan fingerprint density at radius 3 is 2.82 bits per heavy atom. The number of nitrogens with two attached hydrogens (primary N) is 1. The Balaban J connectivity index is 2.22. The first-order valence-electron chi connectivity index (χ1n) is 5.83. The SMILES string of the molecule is CCC1(Nc2cc(C(=O)O)c(N)cn2)CCC1. The molecule has 1 aromatic heterocycles. The Morgan fingerprint density at radius 1 is 1.65 bits per heavy atom. The average Bonchev–Trinajstić information content (AvgIpc) is 2.25. The van der Waals surface area contributed by atoms with Gasteiger partial charge in [-0.1, -0.05) is 6.92 Å². The quantitative estimate of drug-likeness (QED) is 0.743. The first-order chi connectivity index (χ1) is 8.06. The van der Waals surface area contributed by atoms with Crippen LogP contribution < -0.4 is 11.1 Å². The normalized spacial score (nSPS) is 17.2. The van der Waals surface area contributed by atoms with Crippen molar-refractivity contribution in [1.82, 2.24) is 4.98 Å². The number of aromatic carboxylic acids is 1. The molecule has 1 saturated carbocycles. The molecule has 0 aliphatic heterocycles. The molecule has 0 unspecified atom stereocenters. The van der Waals surface area contributed by atoms with Gasteiger partial charge in [0, 0.05) is 5.54 Å². The minimum atomic E-state index is -1.02. The van der Waals surface area contributed by atoms with Crippen molar-refractivity contribution in [3.05, 3.63) is 17.8 Å². The van der Waals surface area contributed by atoms with Gasteiger partial charge in [0.05, 0.1) is 17.4 Å². The molecule has 0 radical (unpaired) electrons. The summed E-state index contributed by atoms with van der Waals surface area (Å²) in [4.78, 5) is 15.1. The number of hydrogen-bond donors (Lipinski definition) is 3. The molecule has 2 rings (SSSR count). The summed E-state index contributed by atoms with van der Waals surface area (Å²) < 4.78 is 0. The number of aromatic nitrogens is 1. The van der Waals surface area contributed by atoms with Gasteiger partial charge in [-0.05, 0) is 31.7 Å². The Kier molecular flexibility index (Phi) is 2.92. The van der Waals surface area contributed by atoms with Crippen LogP contribution in [0, 0.1) is 0 Å². The molecule has 17 heavy (non-hydrogen) atoms. The van der Waals surface area contributed by atoms with E-state index < -0.39 is 5.97 Å². The standard InChI is InChI=1S/C12H17N3O2/c1-2-12(4-3-5-12)15-10-6-8(11(16)17)9(13)7-14-10/h6-7H,2-5,13H2,1H3,(H,14,15)(H,16,17). The van der Waals surface area contributed by atoms with E-state index >= 15 is 0 Å². The third-order valence-corrected chi connectivity index (χ3v) is 3.55. The molecule has 0 aromatic carbocycles. The number of rotatable bonds is 4. The monoisotopic (exact) mass is 235 g/mol. The maximum Gasteiger partial charge on any atom is 0.337 e. The van der Waals surface area contributed by atoms with Crippen molar-refractivity contribution in [2.24, 2.45) is 0 Å². The molecule has 1 aliphatic carbocycles. The zero-order chi connectivity index (χ0) is 12.5. The number of carboxylic acids is 1. The summed E-state index contributed by atoms with van der Waals surface area (Å²) in [5.74, 6) is -0.426. The van der Waals surface area contributed by atoms with Gasteiger partial charge in [-0.15, -0.1) is 0 Å². The summed E-state index contributed by atoms with van der Waals surface area (Å²) in [5, 5.41) is 12.3. The Morgan fingerprint density at radius 2 is 2.35 bits per heavy atom. The lowest BCUT2D eigenvalue weighted by Gasteiger charge is -2.42. The maximum atomic E-state index is 11.0. The number of pyridine rings is 1. The molecule has 1 aromatic rings.